The van der Waals surface area contributed by atoms with Crippen molar-refractivity contribution in [2.24, 2.45) is 0 Å². The van der Waals surface area contributed by atoms with Crippen LogP contribution in [0.2, 0.25) is 0 Å². The fourth-order valence-corrected chi connectivity index (χ4v) is 3.13. The van der Waals surface area contributed by atoms with Crippen LogP contribution in [0, 0.1) is 0 Å². The zero-order valence-corrected chi connectivity index (χ0v) is 10.2. The van der Waals surface area contributed by atoms with E-state index in [0.29, 0.717) is 12.0 Å². The number of nitrogens with one attached hydrogen (secondary N) is 1. The molecule has 5 heteroatoms. The van der Waals surface area contributed by atoms with Gasteiger partial charge in [0, 0.05) is 5.75 Å². The van der Waals surface area contributed by atoms with E-state index in [9.17, 15) is 4.79 Å². The van der Waals surface area contributed by atoms with Gasteiger partial charge < -0.3 is 4.74 Å². The molecule has 82 valence electrons. The fraction of sp³-hybridized carbons (Fsp3) is 0.889. The van der Waals surface area contributed by atoms with Gasteiger partial charge in [0.25, 0.3) is 0 Å². The van der Waals surface area contributed by atoms with Crippen LogP contribution < -0.4 is 5.32 Å². The summed E-state index contributed by atoms with van der Waals surface area (Å²) in [6.07, 6.45) is 3.21. The molecule has 2 unspecified atom stereocenters. The molecule has 0 saturated carbocycles. The zero-order chi connectivity index (χ0) is 10.4. The molecule has 1 aliphatic heterocycles. The number of carbonyl (C=O) groups is 1. The fourth-order valence-electron chi connectivity index (χ4n) is 1.30. The van der Waals surface area contributed by atoms with Crippen molar-refractivity contribution in [2.45, 2.75) is 24.8 Å². The second-order valence-electron chi connectivity index (χ2n) is 3.07. The Morgan fingerprint density at radius 3 is 3.14 bits per heavy atom. The molecule has 1 fully saturated rings. The normalized spacial score (nSPS) is 26.4. The van der Waals surface area contributed by atoms with E-state index in [-0.39, 0.29) is 12.0 Å². The van der Waals surface area contributed by atoms with Crippen LogP contribution in [0.3, 0.4) is 0 Å². The van der Waals surface area contributed by atoms with E-state index in [4.69, 9.17) is 4.74 Å². The summed E-state index contributed by atoms with van der Waals surface area (Å²) in [4.78, 5) is 11.4. The summed E-state index contributed by atoms with van der Waals surface area (Å²) in [5, 5.41) is 3.71. The molecule has 0 bridgehead atoms. The molecular weight excluding hydrogens is 218 g/mol. The van der Waals surface area contributed by atoms with Crippen molar-refractivity contribution in [1.29, 1.82) is 0 Å². The number of rotatable bonds is 5. The quantitative estimate of drug-likeness (QED) is 0.728. The minimum Gasteiger partial charge on any atom is -0.465 e. The highest BCUT2D eigenvalue weighted by Gasteiger charge is 2.29. The predicted octanol–water partition coefficient (Wildman–Crippen LogP) is 1.33. The summed E-state index contributed by atoms with van der Waals surface area (Å²) in [5.41, 5.74) is 0. The van der Waals surface area contributed by atoms with Gasteiger partial charge >= 0.3 is 5.97 Å². The zero-order valence-electron chi connectivity index (χ0n) is 8.62. The minimum atomic E-state index is -0.105. The third-order valence-corrected chi connectivity index (χ3v) is 3.95. The Bertz CT molecular complexity index is 190. The summed E-state index contributed by atoms with van der Waals surface area (Å²) in [6.45, 7) is 2.31. The summed E-state index contributed by atoms with van der Waals surface area (Å²) >= 11 is 3.66. The van der Waals surface area contributed by atoms with Gasteiger partial charge in [-0.05, 0) is 25.4 Å². The molecule has 0 radical (unpaired) electrons. The van der Waals surface area contributed by atoms with Crippen LogP contribution in [0.5, 0.6) is 0 Å². The van der Waals surface area contributed by atoms with Gasteiger partial charge in [0.15, 0.2) is 0 Å². The molecular formula is C9H17NO2S2. The Morgan fingerprint density at radius 1 is 1.71 bits per heavy atom. The lowest BCUT2D eigenvalue weighted by Crippen LogP contribution is -2.38. The van der Waals surface area contributed by atoms with Gasteiger partial charge in [0.2, 0.25) is 0 Å². The Hall–Kier alpha value is 0.130. The Balaban J connectivity index is 2.22. The molecule has 0 aromatic carbocycles. The molecule has 0 spiro atoms. The molecule has 3 nitrogen and oxygen atoms in total. The number of ether oxygens (including phenoxy) is 1. The highest BCUT2D eigenvalue weighted by Crippen LogP contribution is 2.22. The SMILES string of the molecule is CCOC(=O)C1CSC(CCSC)N1. The van der Waals surface area contributed by atoms with E-state index in [0.717, 1.165) is 17.9 Å². The van der Waals surface area contributed by atoms with Crippen molar-refractivity contribution in [3.8, 4) is 0 Å². The van der Waals surface area contributed by atoms with Gasteiger partial charge in [-0.3, -0.25) is 10.1 Å². The number of hydrogen-bond donors (Lipinski definition) is 1. The summed E-state index contributed by atoms with van der Waals surface area (Å²) in [6, 6.07) is -0.0909. The third kappa shape index (κ3) is 3.71. The second kappa shape index (κ2) is 6.58. The average Bonchev–Trinajstić information content (AvgIpc) is 2.63. The molecule has 1 saturated heterocycles. The van der Waals surface area contributed by atoms with Gasteiger partial charge in [0.1, 0.15) is 6.04 Å². The number of hydrogen-bond acceptors (Lipinski definition) is 5. The lowest BCUT2D eigenvalue weighted by molar-refractivity contribution is -0.144. The highest BCUT2D eigenvalue weighted by atomic mass is 32.2. The van der Waals surface area contributed by atoms with Crippen molar-refractivity contribution in [2.75, 3.05) is 24.4 Å². The van der Waals surface area contributed by atoms with E-state index < -0.39 is 0 Å². The van der Waals surface area contributed by atoms with E-state index in [1.807, 2.05) is 30.4 Å². The van der Waals surface area contributed by atoms with E-state index in [1.54, 1.807) is 0 Å². The summed E-state index contributed by atoms with van der Waals surface area (Å²) in [7, 11) is 0. The third-order valence-electron chi connectivity index (χ3n) is 2.01. The Labute approximate surface area is 93.7 Å². The summed E-state index contributed by atoms with van der Waals surface area (Å²) in [5.74, 6) is 1.88. The first-order chi connectivity index (χ1) is 6.77. The first kappa shape index (κ1) is 12.2. The first-order valence-electron chi connectivity index (χ1n) is 4.81. The van der Waals surface area contributed by atoms with Gasteiger partial charge in [-0.25, -0.2) is 0 Å². The van der Waals surface area contributed by atoms with Crippen LogP contribution in [0.4, 0.5) is 0 Å². The van der Waals surface area contributed by atoms with E-state index >= 15 is 0 Å². The van der Waals surface area contributed by atoms with E-state index in [2.05, 4.69) is 11.6 Å². The molecule has 1 N–H and O–H groups in total. The second-order valence-corrected chi connectivity index (χ2v) is 5.30. The molecule has 1 aliphatic rings. The van der Waals surface area contributed by atoms with Crippen molar-refractivity contribution < 1.29 is 9.53 Å². The number of esters is 1. The van der Waals surface area contributed by atoms with Gasteiger partial charge in [-0.1, -0.05) is 0 Å². The summed E-state index contributed by atoms with van der Waals surface area (Å²) < 4.78 is 4.96. The van der Waals surface area contributed by atoms with Crippen molar-refractivity contribution in [1.82, 2.24) is 5.32 Å². The largest absolute Gasteiger partial charge is 0.465 e. The van der Waals surface area contributed by atoms with Crippen LogP contribution >= 0.6 is 23.5 Å². The van der Waals surface area contributed by atoms with Crippen LogP contribution in [-0.4, -0.2) is 41.8 Å². The molecule has 0 amide bonds. The van der Waals surface area contributed by atoms with Crippen LogP contribution in [0.1, 0.15) is 13.3 Å². The molecule has 0 aliphatic carbocycles. The van der Waals surface area contributed by atoms with Gasteiger partial charge in [-0.15, -0.1) is 11.8 Å². The molecule has 1 heterocycles. The molecule has 0 aromatic heterocycles. The lowest BCUT2D eigenvalue weighted by atomic mass is 10.3. The minimum absolute atomic E-state index is 0.0909. The van der Waals surface area contributed by atoms with Gasteiger partial charge in [0.05, 0.1) is 12.0 Å². The van der Waals surface area contributed by atoms with Gasteiger partial charge in [-0.2, -0.15) is 11.8 Å². The lowest BCUT2D eigenvalue weighted by Gasteiger charge is -2.11. The first-order valence-corrected chi connectivity index (χ1v) is 7.25. The number of carbonyl (C=O) groups excluding carboxylic acids is 1. The maximum atomic E-state index is 11.4. The number of thioether (sulfide) groups is 2. The highest BCUT2D eigenvalue weighted by molar-refractivity contribution is 8.00. The van der Waals surface area contributed by atoms with Crippen molar-refractivity contribution in [3.05, 3.63) is 0 Å². The van der Waals surface area contributed by atoms with Crippen LogP contribution in [0.15, 0.2) is 0 Å². The Morgan fingerprint density at radius 2 is 2.50 bits per heavy atom. The topological polar surface area (TPSA) is 38.3 Å². The predicted molar refractivity (Wildman–Crippen MR) is 62.8 cm³/mol. The van der Waals surface area contributed by atoms with Crippen LogP contribution in [0.25, 0.3) is 0 Å². The standard InChI is InChI=1S/C9H17NO2S2/c1-3-12-9(11)7-6-14-8(10-7)4-5-13-2/h7-8,10H,3-6H2,1-2H3. The molecule has 2 atom stereocenters. The van der Waals surface area contributed by atoms with Crippen molar-refractivity contribution >= 4 is 29.5 Å². The van der Waals surface area contributed by atoms with E-state index in [1.165, 1.54) is 0 Å². The Kier molecular flexibility index (Phi) is 5.74. The maximum absolute atomic E-state index is 11.4. The molecule has 1 rings (SSSR count). The molecule has 14 heavy (non-hydrogen) atoms. The van der Waals surface area contributed by atoms with Crippen LogP contribution in [-0.2, 0) is 9.53 Å². The van der Waals surface area contributed by atoms with Crippen molar-refractivity contribution in [3.63, 3.8) is 0 Å². The molecule has 0 aromatic rings. The maximum Gasteiger partial charge on any atom is 0.324 e. The smallest absolute Gasteiger partial charge is 0.324 e. The monoisotopic (exact) mass is 235 g/mol. The average molecular weight is 235 g/mol.